The molecule has 2 rings (SSSR count). The number of carbonyl (C=O) groups is 1. The fraction of sp³-hybridized carbons (Fsp3) is 0.625. The monoisotopic (exact) mass is 322 g/mol. The first-order valence-electron chi connectivity index (χ1n) is 8.19. The van der Waals surface area contributed by atoms with Crippen molar-refractivity contribution >= 4 is 11.9 Å². The van der Waals surface area contributed by atoms with E-state index in [4.69, 9.17) is 9.15 Å². The Labute approximate surface area is 136 Å². The Bertz CT molecular complexity index is 484. The summed E-state index contributed by atoms with van der Waals surface area (Å²) in [6, 6.07) is 4.11. The summed E-state index contributed by atoms with van der Waals surface area (Å²) in [6.07, 6.45) is 4.66. The topological polar surface area (TPSA) is 87.9 Å². The lowest BCUT2D eigenvalue weighted by Crippen LogP contribution is -2.39. The molecule has 0 bridgehead atoms. The van der Waals surface area contributed by atoms with Gasteiger partial charge in [0.2, 0.25) is 5.91 Å². The standard InChI is InChI=1S/C16H26N4O3/c1-2-17-16(19-11-15(21)20-13-6-7-13)18-8-4-9-22-12-14-5-3-10-23-14/h3,5,10,13H,2,4,6-9,11-12H2,1H3,(H,20,21)(H2,17,18,19). The molecule has 1 heterocycles. The molecule has 7 nitrogen and oxygen atoms in total. The van der Waals surface area contributed by atoms with Crippen LogP contribution < -0.4 is 16.0 Å². The molecule has 7 heteroatoms. The van der Waals surface area contributed by atoms with Crippen molar-refractivity contribution in [3.05, 3.63) is 24.2 Å². The lowest BCUT2D eigenvalue weighted by Gasteiger charge is -2.11. The van der Waals surface area contributed by atoms with E-state index < -0.39 is 0 Å². The highest BCUT2D eigenvalue weighted by Crippen LogP contribution is 2.18. The van der Waals surface area contributed by atoms with Crippen molar-refractivity contribution in [1.29, 1.82) is 0 Å². The fourth-order valence-electron chi connectivity index (χ4n) is 1.94. The summed E-state index contributed by atoms with van der Waals surface area (Å²) in [5.41, 5.74) is 0. The van der Waals surface area contributed by atoms with Crippen LogP contribution in [0.5, 0.6) is 0 Å². The van der Waals surface area contributed by atoms with E-state index in [1.54, 1.807) is 6.26 Å². The van der Waals surface area contributed by atoms with Gasteiger partial charge in [0, 0.05) is 25.7 Å². The third kappa shape index (κ3) is 7.69. The lowest BCUT2D eigenvalue weighted by molar-refractivity contribution is -0.119. The van der Waals surface area contributed by atoms with Gasteiger partial charge in [0.15, 0.2) is 5.96 Å². The van der Waals surface area contributed by atoms with Gasteiger partial charge in [-0.25, -0.2) is 4.99 Å². The van der Waals surface area contributed by atoms with Crippen LogP contribution in [0.25, 0.3) is 0 Å². The van der Waals surface area contributed by atoms with Gasteiger partial charge in [-0.05, 0) is 38.3 Å². The zero-order valence-corrected chi connectivity index (χ0v) is 13.6. The molecule has 1 saturated carbocycles. The summed E-state index contributed by atoms with van der Waals surface area (Å²) in [5, 5.41) is 9.24. The third-order valence-corrected chi connectivity index (χ3v) is 3.25. The van der Waals surface area contributed by atoms with Gasteiger partial charge in [-0.1, -0.05) is 0 Å². The van der Waals surface area contributed by atoms with Crippen LogP contribution in [0.2, 0.25) is 0 Å². The average molecular weight is 322 g/mol. The Kier molecular flexibility index (Phi) is 7.45. The van der Waals surface area contributed by atoms with Crippen LogP contribution in [0.3, 0.4) is 0 Å². The van der Waals surface area contributed by atoms with Crippen LogP contribution >= 0.6 is 0 Å². The first kappa shape index (κ1) is 17.3. The van der Waals surface area contributed by atoms with Crippen molar-refractivity contribution in [3.63, 3.8) is 0 Å². The van der Waals surface area contributed by atoms with Crippen molar-refractivity contribution < 1.29 is 13.9 Å². The predicted octanol–water partition coefficient (Wildman–Crippen LogP) is 1.02. The smallest absolute Gasteiger partial charge is 0.242 e. The predicted molar refractivity (Wildman–Crippen MR) is 88.1 cm³/mol. The lowest BCUT2D eigenvalue weighted by atomic mass is 10.4. The molecule has 23 heavy (non-hydrogen) atoms. The van der Waals surface area contributed by atoms with Crippen LogP contribution in [0.4, 0.5) is 0 Å². The number of rotatable bonds is 10. The Morgan fingerprint density at radius 2 is 2.30 bits per heavy atom. The van der Waals surface area contributed by atoms with Gasteiger partial charge in [0.25, 0.3) is 0 Å². The molecule has 1 aliphatic rings. The Morgan fingerprint density at radius 1 is 1.43 bits per heavy atom. The number of nitrogens with zero attached hydrogens (tertiary/aromatic N) is 1. The van der Waals surface area contributed by atoms with Crippen molar-refractivity contribution in [2.75, 3.05) is 26.2 Å². The van der Waals surface area contributed by atoms with Gasteiger partial charge in [-0.15, -0.1) is 0 Å². The maximum atomic E-state index is 11.6. The number of furan rings is 1. The maximum Gasteiger partial charge on any atom is 0.242 e. The first-order chi connectivity index (χ1) is 11.3. The number of guanidine groups is 1. The Balaban J connectivity index is 1.56. The number of amides is 1. The third-order valence-electron chi connectivity index (χ3n) is 3.25. The number of hydrogen-bond acceptors (Lipinski definition) is 4. The van der Waals surface area contributed by atoms with Gasteiger partial charge >= 0.3 is 0 Å². The molecular formula is C16H26N4O3. The van der Waals surface area contributed by atoms with Crippen LogP contribution in [-0.4, -0.2) is 44.1 Å². The van der Waals surface area contributed by atoms with Gasteiger partial charge in [0.1, 0.15) is 18.9 Å². The molecule has 0 radical (unpaired) electrons. The molecule has 1 aromatic heterocycles. The molecule has 1 amide bonds. The second-order valence-corrected chi connectivity index (χ2v) is 5.45. The van der Waals surface area contributed by atoms with Gasteiger partial charge in [-0.2, -0.15) is 0 Å². The molecule has 1 fully saturated rings. The van der Waals surface area contributed by atoms with Crippen LogP contribution in [0.15, 0.2) is 27.8 Å². The zero-order chi connectivity index (χ0) is 16.3. The first-order valence-corrected chi connectivity index (χ1v) is 8.19. The molecule has 0 saturated heterocycles. The summed E-state index contributed by atoms with van der Waals surface area (Å²) in [5.74, 6) is 1.46. The molecule has 0 spiro atoms. The Morgan fingerprint density at radius 3 is 3.00 bits per heavy atom. The van der Waals surface area contributed by atoms with Crippen LogP contribution in [0, 0.1) is 0 Å². The maximum absolute atomic E-state index is 11.6. The average Bonchev–Trinajstić information content (AvgIpc) is 3.20. The molecule has 0 aliphatic heterocycles. The van der Waals surface area contributed by atoms with Gasteiger partial charge in [0.05, 0.1) is 6.26 Å². The van der Waals surface area contributed by atoms with E-state index in [2.05, 4.69) is 20.9 Å². The summed E-state index contributed by atoms with van der Waals surface area (Å²) in [6.45, 7) is 4.76. The largest absolute Gasteiger partial charge is 0.467 e. The molecular weight excluding hydrogens is 296 g/mol. The molecule has 1 aliphatic carbocycles. The van der Waals surface area contributed by atoms with Crippen molar-refractivity contribution in [2.24, 2.45) is 4.99 Å². The van der Waals surface area contributed by atoms with E-state index in [0.29, 0.717) is 25.2 Å². The number of hydrogen-bond donors (Lipinski definition) is 3. The highest BCUT2D eigenvalue weighted by molar-refractivity contribution is 5.85. The van der Waals surface area contributed by atoms with E-state index in [1.165, 1.54) is 0 Å². The van der Waals surface area contributed by atoms with Crippen molar-refractivity contribution in [2.45, 2.75) is 38.8 Å². The fourth-order valence-corrected chi connectivity index (χ4v) is 1.94. The van der Waals surface area contributed by atoms with Crippen LogP contribution in [0.1, 0.15) is 31.9 Å². The SMILES string of the molecule is CCNC(=NCC(=O)NC1CC1)NCCCOCc1ccco1. The number of ether oxygens (including phenoxy) is 1. The zero-order valence-electron chi connectivity index (χ0n) is 13.6. The van der Waals surface area contributed by atoms with Gasteiger partial charge in [-0.3, -0.25) is 4.79 Å². The summed E-state index contributed by atoms with van der Waals surface area (Å²) < 4.78 is 10.7. The van der Waals surface area contributed by atoms with E-state index in [0.717, 1.165) is 38.1 Å². The molecule has 128 valence electrons. The normalized spacial score (nSPS) is 14.6. The number of aliphatic imine (C=N–C) groups is 1. The molecule has 1 aromatic rings. The van der Waals surface area contributed by atoms with E-state index in [9.17, 15) is 4.79 Å². The highest BCUT2D eigenvalue weighted by Gasteiger charge is 2.22. The molecule has 0 aromatic carbocycles. The summed E-state index contributed by atoms with van der Waals surface area (Å²) in [4.78, 5) is 15.9. The minimum absolute atomic E-state index is 0.0218. The molecule has 0 atom stereocenters. The quantitative estimate of drug-likeness (QED) is 0.340. The van der Waals surface area contributed by atoms with Crippen molar-refractivity contribution in [1.82, 2.24) is 16.0 Å². The minimum atomic E-state index is -0.0218. The van der Waals surface area contributed by atoms with E-state index in [-0.39, 0.29) is 12.5 Å². The second-order valence-electron chi connectivity index (χ2n) is 5.45. The second kappa shape index (κ2) is 9.89. The van der Waals surface area contributed by atoms with E-state index >= 15 is 0 Å². The van der Waals surface area contributed by atoms with Crippen molar-refractivity contribution in [3.8, 4) is 0 Å². The van der Waals surface area contributed by atoms with E-state index in [1.807, 2.05) is 19.1 Å². The minimum Gasteiger partial charge on any atom is -0.467 e. The Hall–Kier alpha value is -2.02. The highest BCUT2D eigenvalue weighted by atomic mass is 16.5. The summed E-state index contributed by atoms with van der Waals surface area (Å²) in [7, 11) is 0. The summed E-state index contributed by atoms with van der Waals surface area (Å²) >= 11 is 0. The van der Waals surface area contributed by atoms with Gasteiger partial charge < -0.3 is 25.1 Å². The molecule has 3 N–H and O–H groups in total. The number of carbonyl (C=O) groups excluding carboxylic acids is 1. The van der Waals surface area contributed by atoms with Crippen LogP contribution in [-0.2, 0) is 16.1 Å². The number of nitrogens with one attached hydrogen (secondary N) is 3. The molecule has 0 unspecified atom stereocenters.